The van der Waals surface area contributed by atoms with Crippen molar-refractivity contribution in [2.75, 3.05) is 6.61 Å². The van der Waals surface area contributed by atoms with Gasteiger partial charge in [0.15, 0.2) is 0 Å². The second kappa shape index (κ2) is 7.14. The van der Waals surface area contributed by atoms with Crippen molar-refractivity contribution in [3.8, 4) is 5.75 Å². The van der Waals surface area contributed by atoms with E-state index < -0.39 is 6.04 Å². The molecule has 4 heteroatoms. The van der Waals surface area contributed by atoms with Gasteiger partial charge in [-0.25, -0.2) is 0 Å². The molecular formula is C15H24N2O2. The third-order valence-corrected chi connectivity index (χ3v) is 3.05. The highest BCUT2D eigenvalue weighted by Gasteiger charge is 2.19. The Morgan fingerprint density at radius 1 is 1.37 bits per heavy atom. The number of rotatable bonds is 6. The molecule has 3 N–H and O–H groups in total. The van der Waals surface area contributed by atoms with Crippen LogP contribution in [0.3, 0.4) is 0 Å². The minimum Gasteiger partial charge on any atom is -0.494 e. The van der Waals surface area contributed by atoms with Crippen LogP contribution in [-0.4, -0.2) is 18.6 Å². The SMILES string of the molecule is CCOc1cccc(C(C)NC(=O)[C@@H](N)C(C)C)c1. The minimum absolute atomic E-state index is 0.0855. The first-order chi connectivity index (χ1) is 8.95. The Kier molecular flexibility index (Phi) is 5.83. The molecule has 0 aliphatic carbocycles. The molecule has 0 aliphatic rings. The van der Waals surface area contributed by atoms with Gasteiger partial charge in [-0.2, -0.15) is 0 Å². The number of benzene rings is 1. The molecule has 4 nitrogen and oxygen atoms in total. The van der Waals surface area contributed by atoms with Crippen LogP contribution >= 0.6 is 0 Å². The van der Waals surface area contributed by atoms with Gasteiger partial charge in [-0.1, -0.05) is 26.0 Å². The highest BCUT2D eigenvalue weighted by Crippen LogP contribution is 2.19. The molecule has 0 bridgehead atoms. The smallest absolute Gasteiger partial charge is 0.237 e. The highest BCUT2D eigenvalue weighted by molar-refractivity contribution is 5.82. The summed E-state index contributed by atoms with van der Waals surface area (Å²) >= 11 is 0. The molecule has 2 atom stereocenters. The highest BCUT2D eigenvalue weighted by atomic mass is 16.5. The van der Waals surface area contributed by atoms with E-state index in [4.69, 9.17) is 10.5 Å². The molecule has 1 amide bonds. The number of carbonyl (C=O) groups is 1. The first-order valence-corrected chi connectivity index (χ1v) is 6.74. The second-order valence-electron chi connectivity index (χ2n) is 5.01. The first kappa shape index (κ1) is 15.5. The van der Waals surface area contributed by atoms with E-state index in [9.17, 15) is 4.79 Å². The van der Waals surface area contributed by atoms with E-state index in [1.54, 1.807) is 0 Å². The normalized spacial score (nSPS) is 14.0. The number of nitrogens with one attached hydrogen (secondary N) is 1. The lowest BCUT2D eigenvalue weighted by atomic mass is 10.0. The largest absolute Gasteiger partial charge is 0.494 e. The summed E-state index contributed by atoms with van der Waals surface area (Å²) in [6, 6.07) is 7.17. The van der Waals surface area contributed by atoms with E-state index in [1.165, 1.54) is 0 Å². The van der Waals surface area contributed by atoms with Crippen molar-refractivity contribution < 1.29 is 9.53 Å². The van der Waals surface area contributed by atoms with Gasteiger partial charge in [0.1, 0.15) is 5.75 Å². The average Bonchev–Trinajstić information content (AvgIpc) is 2.38. The molecule has 0 spiro atoms. The summed E-state index contributed by atoms with van der Waals surface area (Å²) in [5.41, 5.74) is 6.84. The van der Waals surface area contributed by atoms with Gasteiger partial charge >= 0.3 is 0 Å². The number of hydrogen-bond acceptors (Lipinski definition) is 3. The molecular weight excluding hydrogens is 240 g/mol. The summed E-state index contributed by atoms with van der Waals surface area (Å²) in [5.74, 6) is 0.820. The van der Waals surface area contributed by atoms with Crippen molar-refractivity contribution in [2.45, 2.75) is 39.8 Å². The zero-order chi connectivity index (χ0) is 14.4. The van der Waals surface area contributed by atoms with Crippen molar-refractivity contribution in [3.05, 3.63) is 29.8 Å². The average molecular weight is 264 g/mol. The zero-order valence-electron chi connectivity index (χ0n) is 12.1. The number of carbonyl (C=O) groups excluding carboxylic acids is 1. The molecule has 0 aromatic heterocycles. The lowest BCUT2D eigenvalue weighted by Gasteiger charge is -2.20. The van der Waals surface area contributed by atoms with Gasteiger partial charge in [-0.3, -0.25) is 4.79 Å². The third-order valence-electron chi connectivity index (χ3n) is 3.05. The van der Waals surface area contributed by atoms with E-state index >= 15 is 0 Å². The standard InChI is InChI=1S/C15H24N2O2/c1-5-19-13-8-6-7-12(9-13)11(4)17-15(18)14(16)10(2)3/h6-11,14H,5,16H2,1-4H3,(H,17,18)/t11?,14-/m0/s1. The number of ether oxygens (including phenoxy) is 1. The Hall–Kier alpha value is -1.55. The zero-order valence-corrected chi connectivity index (χ0v) is 12.1. The van der Waals surface area contributed by atoms with Gasteiger partial charge in [0, 0.05) is 0 Å². The van der Waals surface area contributed by atoms with E-state index in [0.717, 1.165) is 11.3 Å². The fourth-order valence-electron chi connectivity index (χ4n) is 1.74. The molecule has 1 rings (SSSR count). The monoisotopic (exact) mass is 264 g/mol. The molecule has 1 unspecified atom stereocenters. The van der Waals surface area contributed by atoms with E-state index in [0.29, 0.717) is 6.61 Å². The van der Waals surface area contributed by atoms with Crippen molar-refractivity contribution in [1.82, 2.24) is 5.32 Å². The maximum Gasteiger partial charge on any atom is 0.237 e. The Bertz CT molecular complexity index is 418. The van der Waals surface area contributed by atoms with Crippen LogP contribution in [-0.2, 0) is 4.79 Å². The maximum atomic E-state index is 11.9. The van der Waals surface area contributed by atoms with Crippen LogP contribution in [0.15, 0.2) is 24.3 Å². The summed E-state index contributed by atoms with van der Waals surface area (Å²) in [6.45, 7) is 8.38. The number of nitrogens with two attached hydrogens (primary N) is 1. The van der Waals surface area contributed by atoms with Crippen LogP contribution in [0.1, 0.15) is 39.3 Å². The Morgan fingerprint density at radius 3 is 2.63 bits per heavy atom. The first-order valence-electron chi connectivity index (χ1n) is 6.74. The van der Waals surface area contributed by atoms with Gasteiger partial charge in [0.2, 0.25) is 5.91 Å². The minimum atomic E-state index is -0.475. The molecule has 19 heavy (non-hydrogen) atoms. The predicted molar refractivity (Wildman–Crippen MR) is 77.0 cm³/mol. The second-order valence-corrected chi connectivity index (χ2v) is 5.01. The maximum absolute atomic E-state index is 11.9. The predicted octanol–water partition coefficient (Wildman–Crippen LogP) is 2.25. The van der Waals surface area contributed by atoms with Crippen LogP contribution < -0.4 is 15.8 Å². The van der Waals surface area contributed by atoms with Crippen molar-refractivity contribution in [2.24, 2.45) is 11.7 Å². The molecule has 0 fully saturated rings. The molecule has 0 saturated carbocycles. The van der Waals surface area contributed by atoms with Gasteiger partial charge in [0.25, 0.3) is 0 Å². The van der Waals surface area contributed by atoms with Crippen LogP contribution in [0.5, 0.6) is 5.75 Å². The third kappa shape index (κ3) is 4.56. The van der Waals surface area contributed by atoms with Gasteiger partial charge in [-0.15, -0.1) is 0 Å². The van der Waals surface area contributed by atoms with Gasteiger partial charge < -0.3 is 15.8 Å². The summed E-state index contributed by atoms with van der Waals surface area (Å²) in [4.78, 5) is 11.9. The topological polar surface area (TPSA) is 64.3 Å². The summed E-state index contributed by atoms with van der Waals surface area (Å²) < 4.78 is 5.45. The van der Waals surface area contributed by atoms with Crippen molar-refractivity contribution in [3.63, 3.8) is 0 Å². The summed E-state index contributed by atoms with van der Waals surface area (Å²) in [5, 5.41) is 2.93. The summed E-state index contributed by atoms with van der Waals surface area (Å²) in [7, 11) is 0. The molecule has 0 heterocycles. The fraction of sp³-hybridized carbons (Fsp3) is 0.533. The number of amides is 1. The quantitative estimate of drug-likeness (QED) is 0.828. The van der Waals surface area contributed by atoms with E-state index in [1.807, 2.05) is 52.0 Å². The molecule has 0 radical (unpaired) electrons. The van der Waals surface area contributed by atoms with E-state index in [-0.39, 0.29) is 17.9 Å². The van der Waals surface area contributed by atoms with Gasteiger partial charge in [-0.05, 0) is 37.5 Å². The summed E-state index contributed by atoms with van der Waals surface area (Å²) in [6.07, 6.45) is 0. The van der Waals surface area contributed by atoms with Crippen LogP contribution in [0.4, 0.5) is 0 Å². The Balaban J connectivity index is 2.69. The molecule has 0 aliphatic heterocycles. The van der Waals surface area contributed by atoms with E-state index in [2.05, 4.69) is 5.32 Å². The van der Waals surface area contributed by atoms with Crippen LogP contribution in [0.25, 0.3) is 0 Å². The van der Waals surface area contributed by atoms with Crippen molar-refractivity contribution >= 4 is 5.91 Å². The lowest BCUT2D eigenvalue weighted by molar-refractivity contribution is -0.123. The van der Waals surface area contributed by atoms with Crippen LogP contribution in [0.2, 0.25) is 0 Å². The molecule has 1 aromatic carbocycles. The number of hydrogen-bond donors (Lipinski definition) is 2. The Morgan fingerprint density at radius 2 is 2.05 bits per heavy atom. The van der Waals surface area contributed by atoms with Crippen LogP contribution in [0, 0.1) is 5.92 Å². The molecule has 0 saturated heterocycles. The fourth-order valence-corrected chi connectivity index (χ4v) is 1.74. The van der Waals surface area contributed by atoms with Gasteiger partial charge in [0.05, 0.1) is 18.7 Å². The molecule has 106 valence electrons. The lowest BCUT2D eigenvalue weighted by Crippen LogP contribution is -2.44. The van der Waals surface area contributed by atoms with Crippen molar-refractivity contribution in [1.29, 1.82) is 0 Å². The Labute approximate surface area is 115 Å². The molecule has 1 aromatic rings.